The maximum absolute atomic E-state index is 11.5. The van der Waals surface area contributed by atoms with Crippen LogP contribution in [0.2, 0.25) is 5.02 Å². The molecule has 1 unspecified atom stereocenters. The second kappa shape index (κ2) is 4.10. The molecule has 1 amide bonds. The van der Waals surface area contributed by atoms with Gasteiger partial charge in [0.1, 0.15) is 0 Å². The van der Waals surface area contributed by atoms with Crippen molar-refractivity contribution in [3.63, 3.8) is 0 Å². The lowest BCUT2D eigenvalue weighted by Gasteiger charge is -2.39. The van der Waals surface area contributed by atoms with Gasteiger partial charge in [-0.25, -0.2) is 0 Å². The fraction of sp³-hybridized carbons (Fsp3) is 0.462. The Morgan fingerprint density at radius 1 is 1.44 bits per heavy atom. The van der Waals surface area contributed by atoms with Crippen LogP contribution in [0.1, 0.15) is 25.3 Å². The minimum Gasteiger partial charge on any atom is -0.345 e. The molecule has 1 aromatic carbocycles. The number of likely N-dealkylation sites (N-methyl/N-ethyl adjacent to an activating group) is 1. The van der Waals surface area contributed by atoms with Crippen LogP contribution in [0.4, 0.5) is 0 Å². The zero-order chi connectivity index (χ0) is 11.8. The lowest BCUT2D eigenvalue weighted by Crippen LogP contribution is -2.45. The van der Waals surface area contributed by atoms with Gasteiger partial charge in [0.2, 0.25) is 5.91 Å². The van der Waals surface area contributed by atoms with Crippen molar-refractivity contribution in [3.05, 3.63) is 34.9 Å². The molecule has 1 aromatic rings. The normalized spacial score (nSPS) is 25.9. The molecule has 1 aliphatic rings. The highest BCUT2D eigenvalue weighted by Crippen LogP contribution is 2.34. The molecule has 16 heavy (non-hydrogen) atoms. The Hall–Kier alpha value is -1.02. The average molecular weight is 238 g/mol. The Morgan fingerprint density at radius 3 is 2.81 bits per heavy atom. The zero-order valence-corrected chi connectivity index (χ0v) is 10.4. The van der Waals surface area contributed by atoms with Gasteiger partial charge in [0, 0.05) is 30.5 Å². The van der Waals surface area contributed by atoms with Crippen LogP contribution in [0.5, 0.6) is 0 Å². The fourth-order valence-electron chi connectivity index (χ4n) is 2.36. The summed E-state index contributed by atoms with van der Waals surface area (Å²) in [5.41, 5.74) is 1.26. The molecule has 1 atom stereocenters. The van der Waals surface area contributed by atoms with Crippen molar-refractivity contribution in [2.24, 2.45) is 0 Å². The van der Waals surface area contributed by atoms with Crippen LogP contribution in [0.25, 0.3) is 0 Å². The number of halogens is 1. The van der Waals surface area contributed by atoms with Crippen LogP contribution >= 0.6 is 11.6 Å². The summed E-state index contributed by atoms with van der Waals surface area (Å²) in [7, 11) is 1.87. The monoisotopic (exact) mass is 237 g/mol. The second-order valence-electron chi connectivity index (χ2n) is 4.82. The standard InChI is InChI=1S/C13H16ClNO/c1-13(7-6-12(16)15(2)9-13)10-4-3-5-11(14)8-10/h3-5,8H,6-7,9H2,1-2H3. The van der Waals surface area contributed by atoms with Crippen molar-refractivity contribution < 1.29 is 4.79 Å². The van der Waals surface area contributed by atoms with Gasteiger partial charge in [0.15, 0.2) is 0 Å². The molecule has 1 heterocycles. The molecular formula is C13H16ClNO. The van der Waals surface area contributed by atoms with Crippen molar-refractivity contribution in [2.75, 3.05) is 13.6 Å². The van der Waals surface area contributed by atoms with Gasteiger partial charge in [-0.15, -0.1) is 0 Å². The van der Waals surface area contributed by atoms with Crippen molar-refractivity contribution in [2.45, 2.75) is 25.2 Å². The van der Waals surface area contributed by atoms with Gasteiger partial charge >= 0.3 is 0 Å². The van der Waals surface area contributed by atoms with Crippen LogP contribution in [0.15, 0.2) is 24.3 Å². The van der Waals surface area contributed by atoms with Gasteiger partial charge in [0.05, 0.1) is 0 Å². The molecule has 0 radical (unpaired) electrons. The first-order valence-electron chi connectivity index (χ1n) is 5.51. The maximum atomic E-state index is 11.5. The first-order valence-corrected chi connectivity index (χ1v) is 5.89. The minimum atomic E-state index is 0.0353. The van der Waals surface area contributed by atoms with Crippen LogP contribution in [0.3, 0.4) is 0 Å². The van der Waals surface area contributed by atoms with Crippen LogP contribution in [-0.4, -0.2) is 24.4 Å². The van der Waals surface area contributed by atoms with E-state index in [0.29, 0.717) is 6.42 Å². The Kier molecular flexibility index (Phi) is 2.94. The molecule has 0 aliphatic carbocycles. The number of hydrogen-bond acceptors (Lipinski definition) is 1. The summed E-state index contributed by atoms with van der Waals surface area (Å²) in [4.78, 5) is 13.3. The number of carbonyl (C=O) groups is 1. The third-order valence-corrected chi connectivity index (χ3v) is 3.66. The van der Waals surface area contributed by atoms with Gasteiger partial charge in [0.25, 0.3) is 0 Å². The Bertz CT molecular complexity index is 418. The molecule has 3 heteroatoms. The maximum Gasteiger partial charge on any atom is 0.222 e. The molecule has 1 aliphatic heterocycles. The van der Waals surface area contributed by atoms with Crippen LogP contribution < -0.4 is 0 Å². The fourth-order valence-corrected chi connectivity index (χ4v) is 2.55. The molecule has 0 bridgehead atoms. The van der Waals surface area contributed by atoms with E-state index in [4.69, 9.17) is 11.6 Å². The molecule has 0 N–H and O–H groups in total. The van der Waals surface area contributed by atoms with E-state index in [9.17, 15) is 4.79 Å². The van der Waals surface area contributed by atoms with Crippen molar-refractivity contribution in [1.29, 1.82) is 0 Å². The number of hydrogen-bond donors (Lipinski definition) is 0. The smallest absolute Gasteiger partial charge is 0.222 e. The van der Waals surface area contributed by atoms with Crippen LogP contribution in [-0.2, 0) is 10.2 Å². The molecule has 0 aromatic heterocycles. The van der Waals surface area contributed by atoms with Crippen LogP contribution in [0, 0.1) is 0 Å². The quantitative estimate of drug-likeness (QED) is 0.736. The first kappa shape index (κ1) is 11.5. The molecule has 0 spiro atoms. The predicted octanol–water partition coefficient (Wildman–Crippen LogP) is 2.85. The Labute approximate surface area is 101 Å². The zero-order valence-electron chi connectivity index (χ0n) is 9.66. The molecule has 1 saturated heterocycles. The molecule has 1 fully saturated rings. The van der Waals surface area contributed by atoms with Gasteiger partial charge in [-0.05, 0) is 24.1 Å². The largest absolute Gasteiger partial charge is 0.345 e. The lowest BCUT2D eigenvalue weighted by atomic mass is 9.76. The Balaban J connectivity index is 2.29. The highest BCUT2D eigenvalue weighted by Gasteiger charge is 2.34. The van der Waals surface area contributed by atoms with Crippen molar-refractivity contribution in [1.82, 2.24) is 4.90 Å². The summed E-state index contributed by atoms with van der Waals surface area (Å²) in [6, 6.07) is 7.95. The molecular weight excluding hydrogens is 222 g/mol. The third-order valence-electron chi connectivity index (χ3n) is 3.42. The number of nitrogens with zero attached hydrogens (tertiary/aromatic N) is 1. The number of likely N-dealkylation sites (tertiary alicyclic amines) is 1. The van der Waals surface area contributed by atoms with Gasteiger partial charge in [-0.2, -0.15) is 0 Å². The molecule has 0 saturated carbocycles. The van der Waals surface area contributed by atoms with E-state index < -0.39 is 0 Å². The van der Waals surface area contributed by atoms with E-state index in [0.717, 1.165) is 18.0 Å². The van der Waals surface area contributed by atoms with Gasteiger partial charge < -0.3 is 4.90 Å². The number of benzene rings is 1. The van der Waals surface area contributed by atoms with Crippen molar-refractivity contribution in [3.8, 4) is 0 Å². The number of amides is 1. The number of carbonyl (C=O) groups excluding carboxylic acids is 1. The van der Waals surface area contributed by atoms with E-state index in [-0.39, 0.29) is 11.3 Å². The van der Waals surface area contributed by atoms with E-state index in [1.165, 1.54) is 5.56 Å². The SMILES string of the molecule is CN1CC(C)(c2cccc(Cl)c2)CCC1=O. The topological polar surface area (TPSA) is 20.3 Å². The van der Waals surface area contributed by atoms with Crippen molar-refractivity contribution >= 4 is 17.5 Å². The predicted molar refractivity (Wildman–Crippen MR) is 65.7 cm³/mol. The second-order valence-corrected chi connectivity index (χ2v) is 5.26. The lowest BCUT2D eigenvalue weighted by molar-refractivity contribution is -0.133. The average Bonchev–Trinajstić information content (AvgIpc) is 2.24. The molecule has 2 nitrogen and oxygen atoms in total. The number of rotatable bonds is 1. The van der Waals surface area contributed by atoms with Gasteiger partial charge in [-0.3, -0.25) is 4.79 Å². The van der Waals surface area contributed by atoms with E-state index in [1.54, 1.807) is 0 Å². The first-order chi connectivity index (χ1) is 7.51. The van der Waals surface area contributed by atoms with E-state index in [1.807, 2.05) is 30.1 Å². The highest BCUT2D eigenvalue weighted by atomic mass is 35.5. The minimum absolute atomic E-state index is 0.0353. The summed E-state index contributed by atoms with van der Waals surface area (Å²) < 4.78 is 0. The van der Waals surface area contributed by atoms with Gasteiger partial charge in [-0.1, -0.05) is 30.7 Å². The Morgan fingerprint density at radius 2 is 2.19 bits per heavy atom. The summed E-state index contributed by atoms with van der Waals surface area (Å²) in [6.45, 7) is 2.97. The summed E-state index contributed by atoms with van der Waals surface area (Å²) in [5.74, 6) is 0.236. The molecule has 86 valence electrons. The summed E-state index contributed by atoms with van der Waals surface area (Å²) in [5, 5.41) is 0.762. The van der Waals surface area contributed by atoms with E-state index in [2.05, 4.69) is 13.0 Å². The highest BCUT2D eigenvalue weighted by molar-refractivity contribution is 6.30. The third kappa shape index (κ3) is 2.07. The van der Waals surface area contributed by atoms with E-state index >= 15 is 0 Å². The molecule has 2 rings (SSSR count). The summed E-state index contributed by atoms with van der Waals surface area (Å²) in [6.07, 6.45) is 1.52. The number of piperidine rings is 1. The summed E-state index contributed by atoms with van der Waals surface area (Å²) >= 11 is 6.01.